The summed E-state index contributed by atoms with van der Waals surface area (Å²) < 4.78 is 0. The van der Waals surface area contributed by atoms with Crippen LogP contribution in [0.4, 0.5) is 0 Å². The first-order valence-corrected chi connectivity index (χ1v) is 5.57. The molecule has 60 valence electrons. The Morgan fingerprint density at radius 2 is 2.55 bits per heavy atom. The number of allylic oxidation sites excluding steroid dienone is 1. The van der Waals surface area contributed by atoms with Crippen molar-refractivity contribution in [1.29, 1.82) is 0 Å². The van der Waals surface area contributed by atoms with Gasteiger partial charge in [0.25, 0.3) is 0 Å². The summed E-state index contributed by atoms with van der Waals surface area (Å²) in [6.45, 7) is 2.09. The maximum absolute atomic E-state index is 5.76. The quantitative estimate of drug-likeness (QED) is 0.691. The van der Waals surface area contributed by atoms with Crippen LogP contribution in [0.5, 0.6) is 0 Å². The second-order valence-corrected chi connectivity index (χ2v) is 4.23. The summed E-state index contributed by atoms with van der Waals surface area (Å²) in [6.07, 6.45) is 2.13. The van der Waals surface area contributed by atoms with Crippen molar-refractivity contribution in [2.24, 2.45) is 0 Å². The molecule has 0 atom stereocenters. The van der Waals surface area contributed by atoms with Gasteiger partial charge >= 0.3 is 0 Å². The molecular weight excluding hydrogens is 244 g/mol. The summed E-state index contributed by atoms with van der Waals surface area (Å²) in [6, 6.07) is 1.97. The third kappa shape index (κ3) is 2.97. The number of halogens is 2. The van der Waals surface area contributed by atoms with Crippen molar-refractivity contribution in [2.75, 3.05) is 5.33 Å². The van der Waals surface area contributed by atoms with Gasteiger partial charge in [0, 0.05) is 15.6 Å². The minimum Gasteiger partial charge on any atom is -0.143 e. The third-order valence-corrected chi connectivity index (χ3v) is 3.30. The van der Waals surface area contributed by atoms with E-state index in [2.05, 4.69) is 28.9 Å². The molecule has 0 aromatic carbocycles. The molecule has 1 heterocycles. The molecule has 11 heavy (non-hydrogen) atoms. The van der Waals surface area contributed by atoms with E-state index in [0.29, 0.717) is 0 Å². The highest BCUT2D eigenvalue weighted by atomic mass is 79.9. The molecular formula is C8H8BrClS. The lowest BCUT2D eigenvalue weighted by atomic mass is 10.3. The van der Waals surface area contributed by atoms with Gasteiger partial charge in [-0.3, -0.25) is 0 Å². The fourth-order valence-electron chi connectivity index (χ4n) is 0.685. The Bertz CT molecular complexity index is 265. The smallest absolute Gasteiger partial charge is 0.0519 e. The van der Waals surface area contributed by atoms with Gasteiger partial charge in [0.2, 0.25) is 0 Å². The summed E-state index contributed by atoms with van der Waals surface area (Å²) in [5.74, 6) is 0. The highest BCUT2D eigenvalue weighted by molar-refractivity contribution is 9.09. The first kappa shape index (κ1) is 9.30. The van der Waals surface area contributed by atoms with Crippen LogP contribution < -0.4 is 0 Å². The van der Waals surface area contributed by atoms with Crippen LogP contribution in [0, 0.1) is 0 Å². The van der Waals surface area contributed by atoms with Gasteiger partial charge < -0.3 is 0 Å². The Morgan fingerprint density at radius 1 is 1.82 bits per heavy atom. The predicted molar refractivity (Wildman–Crippen MR) is 56.8 cm³/mol. The SMILES string of the molecule is CC(=Cc1cc(Cl)cs1)CBr. The van der Waals surface area contributed by atoms with Crippen LogP contribution in [0.1, 0.15) is 11.8 Å². The molecule has 0 saturated heterocycles. The van der Waals surface area contributed by atoms with Crippen LogP contribution in [-0.2, 0) is 0 Å². The molecule has 1 aromatic heterocycles. The minimum absolute atomic E-state index is 0.823. The van der Waals surface area contributed by atoms with Gasteiger partial charge in [-0.1, -0.05) is 33.1 Å². The standard InChI is InChI=1S/C8H8BrClS/c1-6(4-9)2-8-3-7(10)5-11-8/h2-3,5H,4H2,1H3. The highest BCUT2D eigenvalue weighted by Gasteiger charge is 1.93. The molecule has 0 unspecified atom stereocenters. The maximum Gasteiger partial charge on any atom is 0.0519 e. The van der Waals surface area contributed by atoms with Crippen LogP contribution in [0.2, 0.25) is 5.02 Å². The zero-order valence-corrected chi connectivity index (χ0v) is 9.26. The predicted octanol–water partition coefficient (Wildman–Crippen LogP) is 4.20. The van der Waals surface area contributed by atoms with E-state index in [0.717, 1.165) is 10.4 Å². The minimum atomic E-state index is 0.823. The number of rotatable bonds is 2. The lowest BCUT2D eigenvalue weighted by molar-refractivity contribution is 1.46. The first-order valence-electron chi connectivity index (χ1n) is 3.19. The average molecular weight is 252 g/mol. The molecule has 1 aromatic rings. The molecule has 3 heteroatoms. The number of alkyl halides is 1. The van der Waals surface area contributed by atoms with Crippen molar-refractivity contribution < 1.29 is 0 Å². The van der Waals surface area contributed by atoms with Gasteiger partial charge in [-0.15, -0.1) is 11.3 Å². The maximum atomic E-state index is 5.76. The van der Waals surface area contributed by atoms with Gasteiger partial charge in [0.15, 0.2) is 0 Å². The summed E-state index contributed by atoms with van der Waals surface area (Å²) in [5, 5.41) is 3.68. The molecule has 0 nitrogen and oxygen atoms in total. The molecule has 0 spiro atoms. The van der Waals surface area contributed by atoms with Gasteiger partial charge in [-0.25, -0.2) is 0 Å². The zero-order valence-electron chi connectivity index (χ0n) is 6.10. The van der Waals surface area contributed by atoms with Gasteiger partial charge in [-0.05, 0) is 19.1 Å². The summed E-state index contributed by atoms with van der Waals surface area (Å²) in [7, 11) is 0. The summed E-state index contributed by atoms with van der Waals surface area (Å²) in [5.41, 5.74) is 1.31. The lowest BCUT2D eigenvalue weighted by Gasteiger charge is -1.89. The van der Waals surface area contributed by atoms with E-state index in [9.17, 15) is 0 Å². The van der Waals surface area contributed by atoms with Crippen LogP contribution in [0.15, 0.2) is 17.0 Å². The van der Waals surface area contributed by atoms with Crippen molar-refractivity contribution in [3.05, 3.63) is 26.9 Å². The van der Waals surface area contributed by atoms with E-state index in [1.165, 1.54) is 10.5 Å². The third-order valence-electron chi connectivity index (χ3n) is 1.19. The Morgan fingerprint density at radius 3 is 3.00 bits per heavy atom. The molecule has 0 fully saturated rings. The second-order valence-electron chi connectivity index (χ2n) is 2.29. The monoisotopic (exact) mass is 250 g/mol. The summed E-state index contributed by atoms with van der Waals surface area (Å²) >= 11 is 10.8. The summed E-state index contributed by atoms with van der Waals surface area (Å²) in [4.78, 5) is 1.21. The molecule has 0 radical (unpaired) electrons. The molecule has 0 saturated carbocycles. The van der Waals surface area contributed by atoms with E-state index in [1.54, 1.807) is 11.3 Å². The van der Waals surface area contributed by atoms with Gasteiger partial charge in [0.1, 0.15) is 0 Å². The van der Waals surface area contributed by atoms with Crippen molar-refractivity contribution in [2.45, 2.75) is 6.92 Å². The van der Waals surface area contributed by atoms with E-state index >= 15 is 0 Å². The van der Waals surface area contributed by atoms with E-state index in [4.69, 9.17) is 11.6 Å². The fourth-order valence-corrected chi connectivity index (χ4v) is 1.94. The molecule has 0 aliphatic carbocycles. The van der Waals surface area contributed by atoms with Crippen LogP contribution >= 0.6 is 38.9 Å². The van der Waals surface area contributed by atoms with Crippen molar-refractivity contribution >= 4 is 44.9 Å². The first-order chi connectivity index (χ1) is 5.22. The Labute approximate surface area is 84.0 Å². The van der Waals surface area contributed by atoms with Crippen LogP contribution in [0.3, 0.4) is 0 Å². The molecule has 0 N–H and O–H groups in total. The molecule has 1 rings (SSSR count). The molecule has 0 aliphatic rings. The lowest BCUT2D eigenvalue weighted by Crippen LogP contribution is -1.72. The molecule has 0 bridgehead atoms. The Kier molecular flexibility index (Phi) is 3.63. The van der Waals surface area contributed by atoms with E-state index in [1.807, 2.05) is 11.4 Å². The number of hydrogen-bond donors (Lipinski definition) is 0. The molecule has 0 aliphatic heterocycles. The van der Waals surface area contributed by atoms with Crippen LogP contribution in [0.25, 0.3) is 6.08 Å². The van der Waals surface area contributed by atoms with Crippen LogP contribution in [-0.4, -0.2) is 5.33 Å². The van der Waals surface area contributed by atoms with Crippen molar-refractivity contribution in [3.63, 3.8) is 0 Å². The average Bonchev–Trinajstić information content (AvgIpc) is 2.35. The topological polar surface area (TPSA) is 0 Å². The van der Waals surface area contributed by atoms with E-state index < -0.39 is 0 Å². The molecule has 0 amide bonds. The van der Waals surface area contributed by atoms with Gasteiger partial charge in [0.05, 0.1) is 5.02 Å². The van der Waals surface area contributed by atoms with Crippen molar-refractivity contribution in [3.8, 4) is 0 Å². The van der Waals surface area contributed by atoms with E-state index in [-0.39, 0.29) is 0 Å². The Balaban J connectivity index is 2.78. The van der Waals surface area contributed by atoms with Crippen molar-refractivity contribution in [1.82, 2.24) is 0 Å². The zero-order chi connectivity index (χ0) is 8.27. The number of thiophene rings is 1. The fraction of sp³-hybridized carbons (Fsp3) is 0.250. The Hall–Kier alpha value is 0.210. The normalized spacial score (nSPS) is 12.1. The second kappa shape index (κ2) is 4.29. The van der Waals surface area contributed by atoms with Gasteiger partial charge in [-0.2, -0.15) is 0 Å². The number of hydrogen-bond acceptors (Lipinski definition) is 1. The highest BCUT2D eigenvalue weighted by Crippen LogP contribution is 2.21. The largest absolute Gasteiger partial charge is 0.143 e.